The molecule has 0 saturated heterocycles. The highest BCUT2D eigenvalue weighted by molar-refractivity contribution is 6.37. The highest BCUT2D eigenvalue weighted by Gasteiger charge is 2.05. The van der Waals surface area contributed by atoms with Crippen LogP contribution >= 0.6 is 0 Å². The maximum Gasteiger partial charge on any atom is 0.549 e. The topological polar surface area (TPSA) is 72.7 Å². The fourth-order valence-electron chi connectivity index (χ4n) is 0.276. The van der Waals surface area contributed by atoms with Gasteiger partial charge in [0.15, 0.2) is 0 Å². The molecule has 0 aromatic rings. The van der Waals surface area contributed by atoms with Crippen LogP contribution in [0.3, 0.4) is 0 Å². The molecule has 8 heavy (non-hydrogen) atoms. The average molecular weight is 119 g/mol. The Bertz CT molecular complexity index is 50.5. The summed E-state index contributed by atoms with van der Waals surface area (Å²) in [6.07, 6.45) is -0.545. The highest BCUT2D eigenvalue weighted by atomic mass is 16.4. The van der Waals surface area contributed by atoms with Gasteiger partial charge in [-0.15, -0.1) is 0 Å². The van der Waals surface area contributed by atoms with Crippen LogP contribution in [0.4, 0.5) is 0 Å². The molecule has 0 aliphatic rings. The molecule has 1 atom stereocenters. The first-order chi connectivity index (χ1) is 3.63. The Morgan fingerprint density at radius 1 is 1.62 bits per heavy atom. The van der Waals surface area contributed by atoms with Crippen LogP contribution in [0.25, 0.3) is 0 Å². The van der Waals surface area contributed by atoms with E-state index in [2.05, 4.69) is 5.23 Å². The molecule has 0 aromatic heterocycles. The van der Waals surface area contributed by atoms with E-state index >= 15 is 0 Å². The van der Waals surface area contributed by atoms with Crippen LogP contribution in [-0.4, -0.2) is 35.1 Å². The maximum absolute atomic E-state index is 8.52. The van der Waals surface area contributed by atoms with Crippen molar-refractivity contribution in [2.75, 3.05) is 6.54 Å². The Labute approximate surface area is 48.3 Å². The molecular weight excluding hydrogens is 109 g/mol. The molecule has 0 rings (SSSR count). The zero-order valence-corrected chi connectivity index (χ0v) is 4.70. The molecule has 0 bridgehead atoms. The van der Waals surface area contributed by atoms with E-state index in [1.807, 2.05) is 0 Å². The van der Waals surface area contributed by atoms with Crippen molar-refractivity contribution in [3.8, 4) is 0 Å². The fraction of sp³-hybridized carbons (Fsp3) is 1.00. The number of aliphatic hydroxyl groups is 1. The van der Waals surface area contributed by atoms with Crippen molar-refractivity contribution in [2.24, 2.45) is 0 Å². The lowest BCUT2D eigenvalue weighted by Gasteiger charge is -2.03. The molecule has 0 heterocycles. The third-order valence-corrected chi connectivity index (χ3v) is 0.596. The number of nitrogens with one attached hydrogen (secondary N) is 1. The van der Waals surface area contributed by atoms with Gasteiger partial charge in [0, 0.05) is 6.54 Å². The summed E-state index contributed by atoms with van der Waals surface area (Å²) in [4.78, 5) is 0. The zero-order valence-electron chi connectivity index (χ0n) is 4.70. The maximum atomic E-state index is 8.52. The molecule has 0 amide bonds. The van der Waals surface area contributed by atoms with Gasteiger partial charge in [0.25, 0.3) is 0 Å². The second-order valence-corrected chi connectivity index (χ2v) is 1.63. The van der Waals surface area contributed by atoms with Gasteiger partial charge in [-0.3, -0.25) is 0 Å². The van der Waals surface area contributed by atoms with Gasteiger partial charge in [0.1, 0.15) is 0 Å². The van der Waals surface area contributed by atoms with Crippen LogP contribution in [0, 0.1) is 0 Å². The van der Waals surface area contributed by atoms with Crippen LogP contribution in [0.5, 0.6) is 0 Å². The van der Waals surface area contributed by atoms with Gasteiger partial charge in [0.2, 0.25) is 0 Å². The number of aliphatic hydroxyl groups excluding tert-OH is 1. The molecule has 0 aromatic carbocycles. The van der Waals surface area contributed by atoms with Crippen molar-refractivity contribution < 1.29 is 15.2 Å². The SMILES string of the molecule is CC(O)CNB(O)O. The van der Waals surface area contributed by atoms with Gasteiger partial charge in [-0.25, -0.2) is 0 Å². The number of hydrogen-bond donors (Lipinski definition) is 4. The molecule has 0 spiro atoms. The molecule has 0 saturated carbocycles. The van der Waals surface area contributed by atoms with Gasteiger partial charge in [0.05, 0.1) is 6.10 Å². The van der Waals surface area contributed by atoms with Crippen LogP contribution < -0.4 is 5.23 Å². The Morgan fingerprint density at radius 2 is 2.12 bits per heavy atom. The minimum atomic E-state index is -1.52. The Morgan fingerprint density at radius 3 is 2.25 bits per heavy atom. The van der Waals surface area contributed by atoms with Crippen molar-refractivity contribution >= 4 is 7.25 Å². The molecule has 1 unspecified atom stereocenters. The largest absolute Gasteiger partial charge is 0.549 e. The quantitative estimate of drug-likeness (QED) is 0.322. The van der Waals surface area contributed by atoms with Gasteiger partial charge < -0.3 is 20.4 Å². The lowest BCUT2D eigenvalue weighted by atomic mass is 10.1. The van der Waals surface area contributed by atoms with Crippen molar-refractivity contribution in [2.45, 2.75) is 13.0 Å². The smallest absolute Gasteiger partial charge is 0.413 e. The molecule has 4 N–H and O–H groups in total. The summed E-state index contributed by atoms with van der Waals surface area (Å²) in [6.45, 7) is 1.74. The fourth-order valence-corrected chi connectivity index (χ4v) is 0.276. The van der Waals surface area contributed by atoms with E-state index < -0.39 is 13.4 Å². The third-order valence-electron chi connectivity index (χ3n) is 0.596. The third kappa shape index (κ3) is 5.90. The molecule has 4 nitrogen and oxygen atoms in total. The molecule has 5 heteroatoms. The van der Waals surface area contributed by atoms with Crippen LogP contribution in [0.15, 0.2) is 0 Å². The molecule has 48 valence electrons. The van der Waals surface area contributed by atoms with E-state index in [4.69, 9.17) is 15.2 Å². The molecular formula is C3H10BNO3. The normalized spacial score (nSPS) is 13.5. The summed E-state index contributed by atoms with van der Waals surface area (Å²) >= 11 is 0. The first kappa shape index (κ1) is 7.90. The Kier molecular flexibility index (Phi) is 3.81. The first-order valence-electron chi connectivity index (χ1n) is 2.40. The summed E-state index contributed by atoms with van der Waals surface area (Å²) in [5.74, 6) is 0. The van der Waals surface area contributed by atoms with E-state index in [-0.39, 0.29) is 6.54 Å². The number of hydrogen-bond acceptors (Lipinski definition) is 4. The van der Waals surface area contributed by atoms with Crippen molar-refractivity contribution in [1.82, 2.24) is 5.23 Å². The second-order valence-electron chi connectivity index (χ2n) is 1.63. The summed E-state index contributed by atoms with van der Waals surface area (Å²) in [5, 5.41) is 27.0. The minimum Gasteiger partial charge on any atom is -0.413 e. The predicted octanol–water partition coefficient (Wildman–Crippen LogP) is -2.07. The molecule has 0 radical (unpaired) electrons. The minimum absolute atomic E-state index is 0.192. The lowest BCUT2D eigenvalue weighted by Crippen LogP contribution is -2.38. The lowest BCUT2D eigenvalue weighted by molar-refractivity contribution is 0.193. The van der Waals surface area contributed by atoms with E-state index in [0.29, 0.717) is 0 Å². The zero-order chi connectivity index (χ0) is 6.57. The van der Waals surface area contributed by atoms with Crippen molar-refractivity contribution in [3.63, 3.8) is 0 Å². The Balaban J connectivity index is 2.93. The summed E-state index contributed by atoms with van der Waals surface area (Å²) in [6, 6.07) is 0. The average Bonchev–Trinajstić information content (AvgIpc) is 1.61. The van der Waals surface area contributed by atoms with Gasteiger partial charge in [-0.05, 0) is 6.92 Å². The van der Waals surface area contributed by atoms with Crippen LogP contribution in [0.1, 0.15) is 6.92 Å². The highest BCUT2D eigenvalue weighted by Crippen LogP contribution is 1.72. The second kappa shape index (κ2) is 3.85. The van der Waals surface area contributed by atoms with E-state index in [9.17, 15) is 0 Å². The van der Waals surface area contributed by atoms with Crippen molar-refractivity contribution in [1.29, 1.82) is 0 Å². The molecule has 0 aliphatic heterocycles. The van der Waals surface area contributed by atoms with E-state index in [0.717, 1.165) is 0 Å². The van der Waals surface area contributed by atoms with Gasteiger partial charge >= 0.3 is 7.25 Å². The van der Waals surface area contributed by atoms with Crippen LogP contribution in [-0.2, 0) is 0 Å². The van der Waals surface area contributed by atoms with Gasteiger partial charge in [-0.2, -0.15) is 0 Å². The number of rotatable bonds is 3. The standard InChI is InChI=1S/C3H10BNO3/c1-3(6)2-5-4(7)8/h3,5-8H,2H2,1H3. The van der Waals surface area contributed by atoms with Crippen molar-refractivity contribution in [3.05, 3.63) is 0 Å². The molecule has 0 fully saturated rings. The predicted molar refractivity (Wildman–Crippen MR) is 29.9 cm³/mol. The monoisotopic (exact) mass is 119 g/mol. The molecule has 0 aliphatic carbocycles. The first-order valence-corrected chi connectivity index (χ1v) is 2.40. The Hall–Kier alpha value is -0.0951. The summed E-state index contributed by atoms with van der Waals surface area (Å²) in [5.41, 5.74) is 0. The summed E-state index contributed by atoms with van der Waals surface area (Å²) < 4.78 is 0. The van der Waals surface area contributed by atoms with E-state index in [1.54, 1.807) is 6.92 Å². The van der Waals surface area contributed by atoms with Gasteiger partial charge in [-0.1, -0.05) is 0 Å². The van der Waals surface area contributed by atoms with E-state index in [1.165, 1.54) is 0 Å². The van der Waals surface area contributed by atoms with Crippen LogP contribution in [0.2, 0.25) is 0 Å². The summed E-state index contributed by atoms with van der Waals surface area (Å²) in [7, 11) is -1.52.